The third kappa shape index (κ3) is 2.59. The van der Waals surface area contributed by atoms with E-state index in [1.807, 2.05) is 0 Å². The molecule has 1 aliphatic rings. The van der Waals surface area contributed by atoms with Crippen LogP contribution in [0.5, 0.6) is 0 Å². The largest absolute Gasteiger partial charge is 0.389 e. The van der Waals surface area contributed by atoms with E-state index in [0.717, 1.165) is 17.1 Å². The van der Waals surface area contributed by atoms with Gasteiger partial charge in [0.1, 0.15) is 10.7 Å². The number of thiazole rings is 1. The molecule has 2 nitrogen and oxygen atoms in total. The van der Waals surface area contributed by atoms with Crippen LogP contribution >= 0.6 is 11.3 Å². The fourth-order valence-electron chi connectivity index (χ4n) is 3.13. The highest BCUT2D eigenvalue weighted by atomic mass is 32.1. The number of nitrogens with zero attached hydrogens (tertiary/aromatic N) is 1. The number of hydrogen-bond acceptors (Lipinski definition) is 3. The molecule has 0 amide bonds. The second-order valence-electron chi connectivity index (χ2n) is 5.61. The lowest BCUT2D eigenvalue weighted by molar-refractivity contribution is 0.442. The number of aromatic nitrogens is 1. The quantitative estimate of drug-likeness (QED) is 0.862. The summed E-state index contributed by atoms with van der Waals surface area (Å²) >= 11 is 1.70. The van der Waals surface area contributed by atoms with E-state index in [0.29, 0.717) is 5.92 Å². The van der Waals surface area contributed by atoms with Crippen molar-refractivity contribution in [3.63, 3.8) is 0 Å². The van der Waals surface area contributed by atoms with Crippen LogP contribution in [0.3, 0.4) is 0 Å². The molecular weight excluding hydrogens is 264 g/mol. The molecule has 1 aliphatic carbocycles. The van der Waals surface area contributed by atoms with Gasteiger partial charge in [0.15, 0.2) is 0 Å². The second-order valence-corrected chi connectivity index (χ2v) is 6.67. The first kappa shape index (κ1) is 13.6. The number of anilines is 1. The van der Waals surface area contributed by atoms with Crippen LogP contribution in [-0.2, 0) is 6.42 Å². The highest BCUT2D eigenvalue weighted by molar-refractivity contribution is 7.16. The number of benzene rings is 1. The van der Waals surface area contributed by atoms with Crippen LogP contribution in [0.25, 0.3) is 11.3 Å². The zero-order valence-electron chi connectivity index (χ0n) is 12.1. The summed E-state index contributed by atoms with van der Waals surface area (Å²) in [6.07, 6.45) is 7.63. The second kappa shape index (κ2) is 5.96. The first-order chi connectivity index (χ1) is 9.79. The van der Waals surface area contributed by atoms with Crippen LogP contribution < -0.4 is 5.73 Å². The van der Waals surface area contributed by atoms with Crippen molar-refractivity contribution >= 4 is 16.3 Å². The van der Waals surface area contributed by atoms with Crippen molar-refractivity contribution < 1.29 is 0 Å². The minimum Gasteiger partial charge on any atom is -0.389 e. The van der Waals surface area contributed by atoms with E-state index in [1.54, 1.807) is 11.3 Å². The van der Waals surface area contributed by atoms with Crippen molar-refractivity contribution in [2.45, 2.75) is 51.4 Å². The van der Waals surface area contributed by atoms with Gasteiger partial charge in [-0.15, -0.1) is 11.3 Å². The van der Waals surface area contributed by atoms with E-state index in [2.05, 4.69) is 31.2 Å². The molecule has 0 spiro atoms. The number of aryl methyl sites for hydroxylation is 1. The standard InChI is InChI=1S/C17H22N2S/c1-2-12-8-6-7-11-14(12)15-16(18)20-17(19-15)13-9-4-3-5-10-13/h6-8,11,13H,2-5,9-10,18H2,1H3. The molecule has 3 rings (SSSR count). The van der Waals surface area contributed by atoms with E-state index < -0.39 is 0 Å². The smallest absolute Gasteiger partial charge is 0.114 e. The van der Waals surface area contributed by atoms with Crippen molar-refractivity contribution in [2.75, 3.05) is 5.73 Å². The maximum absolute atomic E-state index is 6.26. The Hall–Kier alpha value is -1.35. The number of nitrogens with two attached hydrogens (primary N) is 1. The topological polar surface area (TPSA) is 38.9 Å². The van der Waals surface area contributed by atoms with Gasteiger partial charge in [-0.1, -0.05) is 50.5 Å². The maximum atomic E-state index is 6.26. The fraction of sp³-hybridized carbons (Fsp3) is 0.471. The SMILES string of the molecule is CCc1ccccc1-c1nc(C2CCCCC2)sc1N. The lowest BCUT2D eigenvalue weighted by Crippen LogP contribution is -2.03. The molecule has 20 heavy (non-hydrogen) atoms. The third-order valence-corrected chi connectivity index (χ3v) is 5.32. The summed E-state index contributed by atoms with van der Waals surface area (Å²) < 4.78 is 0. The Morgan fingerprint density at radius 2 is 1.95 bits per heavy atom. The van der Waals surface area contributed by atoms with Crippen molar-refractivity contribution in [1.29, 1.82) is 0 Å². The lowest BCUT2D eigenvalue weighted by atomic mass is 9.90. The monoisotopic (exact) mass is 286 g/mol. The van der Waals surface area contributed by atoms with Gasteiger partial charge < -0.3 is 5.73 Å². The van der Waals surface area contributed by atoms with Gasteiger partial charge in [0.25, 0.3) is 0 Å². The molecule has 1 saturated carbocycles. The lowest BCUT2D eigenvalue weighted by Gasteiger charge is -2.18. The van der Waals surface area contributed by atoms with Crippen LogP contribution in [0.2, 0.25) is 0 Å². The normalized spacial score (nSPS) is 16.4. The van der Waals surface area contributed by atoms with Gasteiger partial charge >= 0.3 is 0 Å². The summed E-state index contributed by atoms with van der Waals surface area (Å²) in [7, 11) is 0. The average Bonchev–Trinajstić information content (AvgIpc) is 2.90. The molecule has 0 radical (unpaired) electrons. The molecule has 0 atom stereocenters. The highest BCUT2D eigenvalue weighted by Gasteiger charge is 2.21. The minimum atomic E-state index is 0.638. The molecular formula is C17H22N2S. The Morgan fingerprint density at radius 3 is 2.70 bits per heavy atom. The molecule has 0 aliphatic heterocycles. The molecule has 1 aromatic heterocycles. The van der Waals surface area contributed by atoms with Crippen LogP contribution in [0.1, 0.15) is 55.5 Å². The summed E-state index contributed by atoms with van der Waals surface area (Å²) in [5.74, 6) is 0.638. The first-order valence-electron chi connectivity index (χ1n) is 7.64. The van der Waals surface area contributed by atoms with E-state index in [4.69, 9.17) is 10.7 Å². The maximum Gasteiger partial charge on any atom is 0.114 e. The Morgan fingerprint density at radius 1 is 1.20 bits per heavy atom. The van der Waals surface area contributed by atoms with Gasteiger partial charge in [0, 0.05) is 11.5 Å². The van der Waals surface area contributed by atoms with Crippen molar-refractivity contribution in [1.82, 2.24) is 4.98 Å². The highest BCUT2D eigenvalue weighted by Crippen LogP contribution is 2.40. The number of hydrogen-bond donors (Lipinski definition) is 1. The van der Waals surface area contributed by atoms with Gasteiger partial charge in [-0.25, -0.2) is 4.98 Å². The van der Waals surface area contributed by atoms with Gasteiger partial charge in [-0.2, -0.15) is 0 Å². The Balaban J connectivity index is 1.96. The van der Waals surface area contributed by atoms with Gasteiger partial charge in [0.2, 0.25) is 0 Å². The summed E-state index contributed by atoms with van der Waals surface area (Å²) in [4.78, 5) is 4.91. The molecule has 2 aromatic rings. The Labute approximate surface area is 125 Å². The summed E-state index contributed by atoms with van der Waals surface area (Å²) in [6.45, 7) is 2.18. The van der Waals surface area contributed by atoms with Gasteiger partial charge in [0.05, 0.1) is 5.01 Å². The molecule has 106 valence electrons. The molecule has 0 saturated heterocycles. The van der Waals surface area contributed by atoms with Crippen LogP contribution in [0.4, 0.5) is 5.00 Å². The molecule has 3 heteroatoms. The molecule has 1 aromatic carbocycles. The molecule has 1 heterocycles. The van der Waals surface area contributed by atoms with E-state index >= 15 is 0 Å². The average molecular weight is 286 g/mol. The number of nitrogen functional groups attached to an aromatic ring is 1. The zero-order valence-corrected chi connectivity index (χ0v) is 12.9. The molecule has 2 N–H and O–H groups in total. The van der Waals surface area contributed by atoms with E-state index in [1.165, 1.54) is 48.2 Å². The van der Waals surface area contributed by atoms with Crippen LogP contribution in [0.15, 0.2) is 24.3 Å². The Bertz CT molecular complexity index is 582. The summed E-state index contributed by atoms with van der Waals surface area (Å²) in [5.41, 5.74) is 9.81. The predicted molar refractivity (Wildman–Crippen MR) is 87.2 cm³/mol. The number of rotatable bonds is 3. The molecule has 1 fully saturated rings. The third-order valence-electron chi connectivity index (χ3n) is 4.28. The predicted octanol–water partition coefficient (Wildman–Crippen LogP) is 5.00. The van der Waals surface area contributed by atoms with Crippen molar-refractivity contribution in [2.24, 2.45) is 0 Å². The van der Waals surface area contributed by atoms with Crippen LogP contribution in [0, 0.1) is 0 Å². The van der Waals surface area contributed by atoms with Crippen LogP contribution in [-0.4, -0.2) is 4.98 Å². The van der Waals surface area contributed by atoms with Gasteiger partial charge in [-0.3, -0.25) is 0 Å². The van der Waals surface area contributed by atoms with Crippen molar-refractivity contribution in [3.05, 3.63) is 34.8 Å². The molecule has 0 unspecified atom stereocenters. The fourth-order valence-corrected chi connectivity index (χ4v) is 4.14. The van der Waals surface area contributed by atoms with E-state index in [-0.39, 0.29) is 0 Å². The molecule has 0 bridgehead atoms. The van der Waals surface area contributed by atoms with E-state index in [9.17, 15) is 0 Å². The first-order valence-corrected chi connectivity index (χ1v) is 8.45. The Kier molecular flexibility index (Phi) is 4.06. The van der Waals surface area contributed by atoms with Crippen molar-refractivity contribution in [3.8, 4) is 11.3 Å². The summed E-state index contributed by atoms with van der Waals surface area (Å²) in [5, 5.41) is 2.13. The zero-order chi connectivity index (χ0) is 13.9. The minimum absolute atomic E-state index is 0.638. The van der Waals surface area contributed by atoms with Gasteiger partial charge in [-0.05, 0) is 24.8 Å². The summed E-state index contributed by atoms with van der Waals surface area (Å²) in [6, 6.07) is 8.49.